The predicted molar refractivity (Wildman–Crippen MR) is 148 cm³/mol. The number of nitrogens with one attached hydrogen (secondary N) is 1. The van der Waals surface area contributed by atoms with Gasteiger partial charge in [0, 0.05) is 25.6 Å². The lowest BCUT2D eigenvalue weighted by molar-refractivity contribution is -0.140. The van der Waals surface area contributed by atoms with Gasteiger partial charge in [0.05, 0.1) is 19.1 Å². The van der Waals surface area contributed by atoms with Gasteiger partial charge in [-0.15, -0.1) is 0 Å². The number of aryl methyl sites for hydroxylation is 1. The highest BCUT2D eigenvalue weighted by Gasteiger charge is 2.27. The molecule has 8 nitrogen and oxygen atoms in total. The second kappa shape index (κ2) is 14.0. The third-order valence-corrected chi connectivity index (χ3v) is 7.63. The molecule has 0 heterocycles. The Labute approximate surface area is 222 Å². The van der Waals surface area contributed by atoms with Crippen molar-refractivity contribution in [3.05, 3.63) is 59.7 Å². The smallest absolute Gasteiger partial charge is 0.242 e. The van der Waals surface area contributed by atoms with E-state index in [2.05, 4.69) is 5.32 Å². The highest BCUT2D eigenvalue weighted by molar-refractivity contribution is 7.92. The Morgan fingerprint density at radius 1 is 1.03 bits per heavy atom. The van der Waals surface area contributed by atoms with Crippen LogP contribution in [-0.4, -0.2) is 57.1 Å². The SMILES string of the molecule is CCc1ccc(N(CCCC(=O)N(Cc2cccc(OC)c2)C(C)C(=O)NC(C)CC)S(C)(=O)=O)cc1. The number of anilines is 1. The van der Waals surface area contributed by atoms with Crippen molar-refractivity contribution in [3.8, 4) is 5.75 Å². The van der Waals surface area contributed by atoms with E-state index in [-0.39, 0.29) is 37.4 Å². The van der Waals surface area contributed by atoms with E-state index in [0.29, 0.717) is 17.9 Å². The van der Waals surface area contributed by atoms with Crippen LogP contribution < -0.4 is 14.4 Å². The second-order valence-electron chi connectivity index (χ2n) is 9.33. The third-order valence-electron chi connectivity index (χ3n) is 6.44. The summed E-state index contributed by atoms with van der Waals surface area (Å²) >= 11 is 0. The van der Waals surface area contributed by atoms with Gasteiger partial charge in [-0.3, -0.25) is 13.9 Å². The van der Waals surface area contributed by atoms with E-state index < -0.39 is 16.1 Å². The summed E-state index contributed by atoms with van der Waals surface area (Å²) in [4.78, 5) is 27.9. The van der Waals surface area contributed by atoms with Gasteiger partial charge in [-0.2, -0.15) is 0 Å². The monoisotopic (exact) mass is 531 g/mol. The molecule has 2 aromatic carbocycles. The normalized spacial score (nSPS) is 12.9. The number of methoxy groups -OCH3 is 1. The van der Waals surface area contributed by atoms with E-state index in [9.17, 15) is 18.0 Å². The predicted octanol–water partition coefficient (Wildman–Crippen LogP) is 4.14. The molecule has 2 amide bonds. The van der Waals surface area contributed by atoms with Crippen LogP contribution in [0.3, 0.4) is 0 Å². The lowest BCUT2D eigenvalue weighted by Crippen LogP contribution is -2.49. The minimum Gasteiger partial charge on any atom is -0.497 e. The van der Waals surface area contributed by atoms with Crippen LogP contribution in [0.1, 0.15) is 58.1 Å². The first-order valence-corrected chi connectivity index (χ1v) is 14.6. The fourth-order valence-corrected chi connectivity index (χ4v) is 4.88. The summed E-state index contributed by atoms with van der Waals surface area (Å²) in [6, 6.07) is 14.1. The van der Waals surface area contributed by atoms with E-state index in [4.69, 9.17) is 4.74 Å². The Morgan fingerprint density at radius 2 is 1.70 bits per heavy atom. The van der Waals surface area contributed by atoms with Gasteiger partial charge in [0.2, 0.25) is 21.8 Å². The molecular formula is C28H41N3O5S. The topological polar surface area (TPSA) is 96.0 Å². The fraction of sp³-hybridized carbons (Fsp3) is 0.500. The number of hydrogen-bond donors (Lipinski definition) is 1. The lowest BCUT2D eigenvalue weighted by Gasteiger charge is -2.30. The molecule has 0 saturated carbocycles. The minimum atomic E-state index is -3.53. The average molecular weight is 532 g/mol. The van der Waals surface area contributed by atoms with Crippen molar-refractivity contribution < 1.29 is 22.7 Å². The number of amides is 2. The Balaban J connectivity index is 2.19. The van der Waals surface area contributed by atoms with Crippen molar-refractivity contribution >= 4 is 27.5 Å². The Bertz CT molecular complexity index is 1130. The van der Waals surface area contributed by atoms with Crippen molar-refractivity contribution in [1.29, 1.82) is 0 Å². The zero-order valence-electron chi connectivity index (χ0n) is 22.9. The van der Waals surface area contributed by atoms with Gasteiger partial charge in [0.25, 0.3) is 0 Å². The molecule has 0 bridgehead atoms. The molecule has 0 aliphatic heterocycles. The first-order chi connectivity index (χ1) is 17.5. The Hall–Kier alpha value is -3.07. The molecule has 2 atom stereocenters. The quantitative estimate of drug-likeness (QED) is 0.395. The van der Waals surface area contributed by atoms with Crippen LogP contribution in [0.5, 0.6) is 5.75 Å². The number of benzene rings is 2. The first kappa shape index (κ1) is 30.2. The van der Waals surface area contributed by atoms with Crippen molar-refractivity contribution in [1.82, 2.24) is 10.2 Å². The van der Waals surface area contributed by atoms with Gasteiger partial charge < -0.3 is 15.0 Å². The summed E-state index contributed by atoms with van der Waals surface area (Å²) in [5.74, 6) is 0.225. The molecule has 2 aromatic rings. The molecule has 0 spiro atoms. The summed E-state index contributed by atoms with van der Waals surface area (Å²) in [7, 11) is -1.95. The average Bonchev–Trinajstić information content (AvgIpc) is 2.88. The van der Waals surface area contributed by atoms with E-state index >= 15 is 0 Å². The molecule has 0 aliphatic carbocycles. The minimum absolute atomic E-state index is 0.00821. The summed E-state index contributed by atoms with van der Waals surface area (Å²) in [5, 5.41) is 2.95. The highest BCUT2D eigenvalue weighted by Crippen LogP contribution is 2.21. The van der Waals surface area contributed by atoms with Crippen LogP contribution in [0.4, 0.5) is 5.69 Å². The molecule has 1 N–H and O–H groups in total. The van der Waals surface area contributed by atoms with Crippen LogP contribution in [0.2, 0.25) is 0 Å². The number of hydrogen-bond acceptors (Lipinski definition) is 5. The van der Waals surface area contributed by atoms with E-state index in [0.717, 1.165) is 24.0 Å². The zero-order chi connectivity index (χ0) is 27.6. The van der Waals surface area contributed by atoms with Gasteiger partial charge in [0.1, 0.15) is 11.8 Å². The van der Waals surface area contributed by atoms with Crippen LogP contribution in [0.25, 0.3) is 0 Å². The van der Waals surface area contributed by atoms with Gasteiger partial charge in [-0.1, -0.05) is 38.1 Å². The molecule has 2 unspecified atom stereocenters. The van der Waals surface area contributed by atoms with Crippen LogP contribution >= 0.6 is 0 Å². The van der Waals surface area contributed by atoms with Crippen molar-refractivity contribution in [3.63, 3.8) is 0 Å². The largest absolute Gasteiger partial charge is 0.497 e. The standard InChI is InChI=1S/C28H41N3O5S/c1-7-21(3)29-28(33)22(4)30(20-24-11-9-12-26(19-24)36-5)27(32)13-10-18-31(37(6,34)35)25-16-14-23(8-2)15-17-25/h9,11-12,14-17,19,21-22H,7-8,10,13,18,20H2,1-6H3,(H,29,33). The van der Waals surface area contributed by atoms with Gasteiger partial charge in [-0.25, -0.2) is 8.42 Å². The Morgan fingerprint density at radius 3 is 2.27 bits per heavy atom. The van der Waals surface area contributed by atoms with E-state index in [1.54, 1.807) is 31.1 Å². The zero-order valence-corrected chi connectivity index (χ0v) is 23.7. The Kier molecular flexibility index (Phi) is 11.4. The molecule has 0 fully saturated rings. The highest BCUT2D eigenvalue weighted by atomic mass is 32.2. The van der Waals surface area contributed by atoms with Crippen molar-refractivity contribution in [2.45, 2.75) is 72.0 Å². The second-order valence-corrected chi connectivity index (χ2v) is 11.2. The molecule has 0 radical (unpaired) electrons. The van der Waals surface area contributed by atoms with E-state index in [1.807, 2.05) is 57.2 Å². The number of rotatable bonds is 14. The third kappa shape index (κ3) is 9.07. The lowest BCUT2D eigenvalue weighted by atomic mass is 10.1. The summed E-state index contributed by atoms with van der Waals surface area (Å²) in [5.41, 5.74) is 2.52. The van der Waals surface area contributed by atoms with E-state index in [1.165, 1.54) is 10.6 Å². The van der Waals surface area contributed by atoms with Gasteiger partial charge in [0.15, 0.2) is 0 Å². The number of sulfonamides is 1. The number of ether oxygens (including phenoxy) is 1. The summed E-state index contributed by atoms with van der Waals surface area (Å²) in [6.45, 7) is 8.06. The van der Waals surface area contributed by atoms with Crippen LogP contribution in [0, 0.1) is 0 Å². The van der Waals surface area contributed by atoms with Crippen molar-refractivity contribution in [2.24, 2.45) is 0 Å². The maximum Gasteiger partial charge on any atom is 0.242 e. The van der Waals surface area contributed by atoms with Gasteiger partial charge >= 0.3 is 0 Å². The number of carbonyl (C=O) groups excluding carboxylic acids is 2. The molecule has 37 heavy (non-hydrogen) atoms. The molecule has 0 aromatic heterocycles. The molecule has 9 heteroatoms. The van der Waals surface area contributed by atoms with Crippen LogP contribution in [0.15, 0.2) is 48.5 Å². The molecule has 0 aliphatic rings. The maximum absolute atomic E-state index is 13.4. The summed E-state index contributed by atoms with van der Waals surface area (Å²) < 4.78 is 31.6. The summed E-state index contributed by atoms with van der Waals surface area (Å²) in [6.07, 6.45) is 3.22. The molecule has 0 saturated heterocycles. The molecular weight excluding hydrogens is 490 g/mol. The first-order valence-electron chi connectivity index (χ1n) is 12.8. The number of nitrogens with zero attached hydrogens (tertiary/aromatic N) is 2. The molecule has 204 valence electrons. The number of carbonyl (C=O) groups is 2. The maximum atomic E-state index is 13.4. The molecule has 2 rings (SSSR count). The van der Waals surface area contributed by atoms with Crippen molar-refractivity contribution in [2.75, 3.05) is 24.2 Å². The van der Waals surface area contributed by atoms with Crippen LogP contribution in [-0.2, 0) is 32.6 Å². The van der Waals surface area contributed by atoms with Gasteiger partial charge in [-0.05, 0) is 68.5 Å². The fourth-order valence-electron chi connectivity index (χ4n) is 3.92.